The Balaban J connectivity index is 1.16. The minimum atomic E-state index is 0.522. The Kier molecular flexibility index (Phi) is 4.39. The largest absolute Gasteiger partial charge is 0.455 e. The molecule has 0 radical (unpaired) electrons. The van der Waals surface area contributed by atoms with E-state index in [4.69, 9.17) is 23.2 Å². The predicted molar refractivity (Wildman–Crippen MR) is 172 cm³/mol. The maximum Gasteiger partial charge on any atom is 0.246 e. The van der Waals surface area contributed by atoms with Gasteiger partial charge in [-0.25, -0.2) is 9.97 Å². The lowest BCUT2D eigenvalue weighted by atomic mass is 10.0. The third kappa shape index (κ3) is 3.22. The SMILES string of the molecule is c1ccc2c(c1)oc1c(-c3ccc4nc5oc6ccc(-c7cccc8c7oc7ccccc78)cc6c5nc4c3)cccc12. The first kappa shape index (κ1) is 22.7. The molecule has 0 fully saturated rings. The van der Waals surface area contributed by atoms with E-state index in [1.165, 1.54) is 0 Å². The summed E-state index contributed by atoms with van der Waals surface area (Å²) in [5, 5.41) is 5.34. The normalized spacial score (nSPS) is 12.2. The number of furan rings is 3. The van der Waals surface area contributed by atoms with Gasteiger partial charge in [0.05, 0.1) is 11.0 Å². The number of nitrogens with zero attached hydrogens (tertiary/aromatic N) is 2. The van der Waals surface area contributed by atoms with E-state index in [0.29, 0.717) is 5.71 Å². The zero-order valence-electron chi connectivity index (χ0n) is 22.7. The van der Waals surface area contributed by atoms with Crippen LogP contribution in [0.15, 0.2) is 135 Å². The van der Waals surface area contributed by atoms with Gasteiger partial charge < -0.3 is 13.3 Å². The van der Waals surface area contributed by atoms with Crippen LogP contribution in [0.4, 0.5) is 0 Å². The van der Waals surface area contributed by atoms with Gasteiger partial charge in [0, 0.05) is 38.1 Å². The van der Waals surface area contributed by atoms with Crippen LogP contribution in [0.2, 0.25) is 0 Å². The van der Waals surface area contributed by atoms with Crippen molar-refractivity contribution in [3.63, 3.8) is 0 Å². The van der Waals surface area contributed by atoms with Gasteiger partial charge in [-0.3, -0.25) is 0 Å². The lowest BCUT2D eigenvalue weighted by molar-refractivity contribution is 0.655. The average Bonchev–Trinajstić information content (AvgIpc) is 3.74. The zero-order chi connectivity index (χ0) is 28.1. The van der Waals surface area contributed by atoms with Gasteiger partial charge in [0.15, 0.2) is 0 Å². The molecule has 43 heavy (non-hydrogen) atoms. The van der Waals surface area contributed by atoms with E-state index in [0.717, 1.165) is 93.7 Å². The van der Waals surface area contributed by atoms with E-state index in [-0.39, 0.29) is 0 Å². The first-order chi connectivity index (χ1) is 21.3. The maximum absolute atomic E-state index is 6.32. The Morgan fingerprint density at radius 1 is 0.395 bits per heavy atom. The van der Waals surface area contributed by atoms with Gasteiger partial charge in [0.1, 0.15) is 33.4 Å². The van der Waals surface area contributed by atoms with Gasteiger partial charge in [-0.1, -0.05) is 84.9 Å². The highest BCUT2D eigenvalue weighted by molar-refractivity contribution is 6.12. The Morgan fingerprint density at radius 3 is 1.67 bits per heavy atom. The van der Waals surface area contributed by atoms with Crippen molar-refractivity contribution in [1.82, 2.24) is 9.97 Å². The molecule has 4 heterocycles. The van der Waals surface area contributed by atoms with E-state index in [1.807, 2.05) is 48.5 Å². The lowest BCUT2D eigenvalue weighted by Crippen LogP contribution is -1.87. The van der Waals surface area contributed by atoms with Crippen molar-refractivity contribution >= 4 is 77.1 Å². The third-order valence-electron chi connectivity index (χ3n) is 8.50. The Hall–Kier alpha value is -5.94. The number of rotatable bonds is 2. The van der Waals surface area contributed by atoms with Crippen LogP contribution in [0.3, 0.4) is 0 Å². The Bertz CT molecular complexity index is 2740. The molecule has 0 aliphatic heterocycles. The summed E-state index contributed by atoms with van der Waals surface area (Å²) >= 11 is 0. The summed E-state index contributed by atoms with van der Waals surface area (Å²) in [6.07, 6.45) is 0. The average molecular weight is 553 g/mol. The molecule has 0 aliphatic carbocycles. The van der Waals surface area contributed by atoms with Crippen LogP contribution < -0.4 is 0 Å². The molecule has 5 heteroatoms. The number of para-hydroxylation sites is 4. The summed E-state index contributed by atoms with van der Waals surface area (Å²) in [6, 6.07) is 41.2. The van der Waals surface area contributed by atoms with E-state index >= 15 is 0 Å². The third-order valence-corrected chi connectivity index (χ3v) is 8.50. The molecule has 10 rings (SSSR count). The van der Waals surface area contributed by atoms with Crippen LogP contribution in [0.5, 0.6) is 0 Å². The number of fused-ring (bicyclic) bond motifs is 10. The summed E-state index contributed by atoms with van der Waals surface area (Å²) in [5.41, 5.74) is 11.2. The van der Waals surface area contributed by atoms with Gasteiger partial charge in [0.2, 0.25) is 5.71 Å². The zero-order valence-corrected chi connectivity index (χ0v) is 22.7. The van der Waals surface area contributed by atoms with Crippen molar-refractivity contribution in [1.29, 1.82) is 0 Å². The van der Waals surface area contributed by atoms with Crippen molar-refractivity contribution < 1.29 is 13.3 Å². The van der Waals surface area contributed by atoms with Crippen molar-refractivity contribution in [2.45, 2.75) is 0 Å². The molecular formula is C38H20N2O3. The molecule has 0 atom stereocenters. The standard InChI is InChI=1S/C38H20N2O3/c1-3-13-32-25(7-1)27-11-5-9-23(36(27)41-32)21-16-18-34-29(19-21)35-38(43-34)40-30-17-15-22(20-31(30)39-35)24-10-6-12-28-26-8-2-4-14-33(26)42-37(24)28/h1-20H. The fourth-order valence-corrected chi connectivity index (χ4v) is 6.48. The van der Waals surface area contributed by atoms with Crippen LogP contribution in [-0.2, 0) is 0 Å². The lowest BCUT2D eigenvalue weighted by Gasteiger charge is -2.05. The van der Waals surface area contributed by atoms with Crippen molar-refractivity contribution in [2.24, 2.45) is 0 Å². The minimum absolute atomic E-state index is 0.522. The van der Waals surface area contributed by atoms with Crippen LogP contribution in [0.1, 0.15) is 0 Å². The summed E-state index contributed by atoms with van der Waals surface area (Å²) in [6.45, 7) is 0. The second-order valence-electron chi connectivity index (χ2n) is 11.0. The van der Waals surface area contributed by atoms with Crippen LogP contribution in [0.25, 0.3) is 99.4 Å². The number of hydrogen-bond acceptors (Lipinski definition) is 5. The Labute approximate surface area is 243 Å². The second-order valence-corrected chi connectivity index (χ2v) is 11.0. The number of benzene rings is 6. The van der Waals surface area contributed by atoms with Gasteiger partial charge in [0.25, 0.3) is 0 Å². The quantitative estimate of drug-likeness (QED) is 0.213. The molecule has 0 unspecified atom stereocenters. The van der Waals surface area contributed by atoms with Gasteiger partial charge >= 0.3 is 0 Å². The number of hydrogen-bond donors (Lipinski definition) is 0. The van der Waals surface area contributed by atoms with E-state index < -0.39 is 0 Å². The van der Waals surface area contributed by atoms with Gasteiger partial charge in [-0.15, -0.1) is 0 Å². The molecule has 4 aromatic heterocycles. The smallest absolute Gasteiger partial charge is 0.246 e. The predicted octanol–water partition coefficient (Wildman–Crippen LogP) is 10.7. The molecule has 5 nitrogen and oxygen atoms in total. The maximum atomic E-state index is 6.32. The summed E-state index contributed by atoms with van der Waals surface area (Å²) in [4.78, 5) is 9.95. The van der Waals surface area contributed by atoms with E-state index in [9.17, 15) is 0 Å². The molecule has 0 amide bonds. The van der Waals surface area contributed by atoms with E-state index in [2.05, 4.69) is 72.8 Å². The molecule has 0 N–H and O–H groups in total. The highest BCUT2D eigenvalue weighted by Gasteiger charge is 2.17. The molecular weight excluding hydrogens is 532 g/mol. The van der Waals surface area contributed by atoms with Crippen molar-refractivity contribution in [2.75, 3.05) is 0 Å². The van der Waals surface area contributed by atoms with Crippen molar-refractivity contribution in [3.8, 4) is 22.3 Å². The topological polar surface area (TPSA) is 65.2 Å². The summed E-state index contributed by atoms with van der Waals surface area (Å²) in [5.74, 6) is 0. The van der Waals surface area contributed by atoms with E-state index in [1.54, 1.807) is 0 Å². The molecule has 6 aromatic carbocycles. The molecule has 0 saturated carbocycles. The first-order valence-corrected chi connectivity index (χ1v) is 14.2. The van der Waals surface area contributed by atoms with Gasteiger partial charge in [-0.2, -0.15) is 0 Å². The molecule has 200 valence electrons. The van der Waals surface area contributed by atoms with Crippen LogP contribution in [0, 0.1) is 0 Å². The highest BCUT2D eigenvalue weighted by Crippen LogP contribution is 2.39. The summed E-state index contributed by atoms with van der Waals surface area (Å²) < 4.78 is 18.8. The summed E-state index contributed by atoms with van der Waals surface area (Å²) in [7, 11) is 0. The Morgan fingerprint density at radius 2 is 0.977 bits per heavy atom. The van der Waals surface area contributed by atoms with Gasteiger partial charge in [-0.05, 0) is 47.5 Å². The number of aromatic nitrogens is 2. The van der Waals surface area contributed by atoms with Crippen LogP contribution >= 0.6 is 0 Å². The minimum Gasteiger partial charge on any atom is -0.455 e. The molecule has 10 aromatic rings. The monoisotopic (exact) mass is 552 g/mol. The molecule has 0 bridgehead atoms. The molecule has 0 spiro atoms. The van der Waals surface area contributed by atoms with Crippen LogP contribution in [-0.4, -0.2) is 9.97 Å². The highest BCUT2D eigenvalue weighted by atomic mass is 16.3. The fraction of sp³-hybridized carbons (Fsp3) is 0. The molecule has 0 saturated heterocycles. The first-order valence-electron chi connectivity index (χ1n) is 14.2. The van der Waals surface area contributed by atoms with Crippen molar-refractivity contribution in [3.05, 3.63) is 121 Å². The second kappa shape index (κ2) is 8.30. The fourth-order valence-electron chi connectivity index (χ4n) is 6.48. The molecule has 0 aliphatic rings.